The lowest BCUT2D eigenvalue weighted by Gasteiger charge is -2.33. The highest BCUT2D eigenvalue weighted by atomic mass is 79.9. The van der Waals surface area contributed by atoms with Crippen LogP contribution < -0.4 is 4.72 Å². The van der Waals surface area contributed by atoms with E-state index in [2.05, 4.69) is 15.9 Å². The van der Waals surface area contributed by atoms with Gasteiger partial charge in [-0.15, -0.1) is 0 Å². The standard InChI is InChI=1S/C23H22BrF5N2O5S2/c1-22(8-4-3-5-21(22)36-2)38(34,35)31-12-20(14-7-6-13(9-19(14)31)23(27,28)29)37(32,33)30-18-11-16(25)15(24)10-17(18)26/h3-5,10-13,30H,6-9H2,1-2H3/t13-,22?/m1/s1/i2D3. The summed E-state index contributed by atoms with van der Waals surface area (Å²) in [6, 6.07) is 1.19. The molecule has 0 saturated heterocycles. The Labute approximate surface area is 228 Å². The molecule has 208 valence electrons. The molecule has 38 heavy (non-hydrogen) atoms. The summed E-state index contributed by atoms with van der Waals surface area (Å²) in [5, 5.41) is 0. The molecular weight excluding hydrogens is 623 g/mol. The number of hydrogen-bond donors (Lipinski definition) is 1. The lowest BCUT2D eigenvalue weighted by Crippen LogP contribution is -2.43. The molecule has 15 heteroatoms. The summed E-state index contributed by atoms with van der Waals surface area (Å²) >= 11 is 2.76. The summed E-state index contributed by atoms with van der Waals surface area (Å²) in [7, 11) is -12.9. The van der Waals surface area contributed by atoms with E-state index in [1.807, 2.05) is 4.72 Å². The zero-order valence-corrected chi connectivity index (χ0v) is 22.7. The number of halogens is 6. The topological polar surface area (TPSA) is 94.5 Å². The van der Waals surface area contributed by atoms with Crippen LogP contribution in [-0.2, 0) is 37.6 Å². The summed E-state index contributed by atoms with van der Waals surface area (Å²) in [5.41, 5.74) is -1.55. The van der Waals surface area contributed by atoms with Crippen molar-refractivity contribution in [3.63, 3.8) is 0 Å². The van der Waals surface area contributed by atoms with Crippen LogP contribution in [0, 0.1) is 17.6 Å². The quantitative estimate of drug-likeness (QED) is 0.334. The van der Waals surface area contributed by atoms with Crippen LogP contribution in [0.2, 0.25) is 0 Å². The predicted octanol–water partition coefficient (Wildman–Crippen LogP) is 5.42. The molecule has 2 aliphatic carbocycles. The van der Waals surface area contributed by atoms with Gasteiger partial charge >= 0.3 is 6.18 Å². The van der Waals surface area contributed by atoms with Crippen molar-refractivity contribution in [1.29, 1.82) is 0 Å². The Morgan fingerprint density at radius 3 is 2.58 bits per heavy atom. The molecule has 0 fully saturated rings. The minimum Gasteiger partial charge on any atom is -0.499 e. The van der Waals surface area contributed by atoms with Crippen molar-refractivity contribution in [3.8, 4) is 0 Å². The van der Waals surface area contributed by atoms with Gasteiger partial charge in [-0.3, -0.25) is 4.72 Å². The minimum absolute atomic E-state index is 0.253. The lowest BCUT2D eigenvalue weighted by molar-refractivity contribution is -0.177. The van der Waals surface area contributed by atoms with Gasteiger partial charge in [0, 0.05) is 24.4 Å². The van der Waals surface area contributed by atoms with Gasteiger partial charge in [-0.2, -0.15) is 13.2 Å². The molecular formula is C23H22BrF5N2O5S2. The highest BCUT2D eigenvalue weighted by Gasteiger charge is 2.49. The number of hydrogen-bond acceptors (Lipinski definition) is 5. The SMILES string of the molecule is [2H]C([2H])([2H])OC1=CC=CCC1(C)S(=O)(=O)n1cc(S(=O)(=O)Nc2cc(F)c(Br)cc2F)c2c1C[C@H](C(F)(F)F)CC2. The first-order valence-corrected chi connectivity index (χ1v) is 14.7. The molecule has 0 spiro atoms. The number of benzene rings is 1. The number of alkyl halides is 3. The van der Waals surface area contributed by atoms with Crippen molar-refractivity contribution in [2.45, 2.75) is 48.4 Å². The van der Waals surface area contributed by atoms with Gasteiger partial charge in [0.05, 0.1) is 27.2 Å². The van der Waals surface area contributed by atoms with E-state index in [4.69, 9.17) is 8.85 Å². The molecule has 0 radical (unpaired) electrons. The van der Waals surface area contributed by atoms with Crippen LogP contribution in [0.15, 0.2) is 51.7 Å². The molecule has 1 unspecified atom stereocenters. The second-order valence-corrected chi connectivity index (χ2v) is 13.8. The number of aromatic nitrogens is 1. The molecule has 2 atom stereocenters. The van der Waals surface area contributed by atoms with Gasteiger partial charge in [0.25, 0.3) is 20.0 Å². The maximum atomic E-state index is 14.4. The highest BCUT2D eigenvalue weighted by Crippen LogP contribution is 2.43. The zero-order valence-electron chi connectivity index (χ0n) is 22.4. The van der Waals surface area contributed by atoms with Crippen LogP contribution >= 0.6 is 15.9 Å². The van der Waals surface area contributed by atoms with E-state index in [9.17, 15) is 38.8 Å². The van der Waals surface area contributed by atoms with E-state index < -0.39 is 96.9 Å². The van der Waals surface area contributed by atoms with E-state index in [0.29, 0.717) is 22.3 Å². The normalized spacial score (nSPS) is 23.6. The van der Waals surface area contributed by atoms with Gasteiger partial charge in [0.15, 0.2) is 0 Å². The fourth-order valence-electron chi connectivity index (χ4n) is 4.51. The largest absolute Gasteiger partial charge is 0.499 e. The van der Waals surface area contributed by atoms with Crippen molar-refractivity contribution in [2.24, 2.45) is 5.92 Å². The summed E-state index contributed by atoms with van der Waals surface area (Å²) in [5.74, 6) is -4.74. The smallest absolute Gasteiger partial charge is 0.392 e. The Balaban J connectivity index is 1.90. The number of rotatable bonds is 6. The molecule has 0 saturated carbocycles. The highest BCUT2D eigenvalue weighted by molar-refractivity contribution is 9.10. The second kappa shape index (κ2) is 9.66. The molecule has 1 aromatic carbocycles. The van der Waals surface area contributed by atoms with Gasteiger partial charge in [-0.05, 0) is 59.8 Å². The molecule has 1 heterocycles. The first kappa shape index (κ1) is 24.6. The third kappa shape index (κ3) is 4.76. The third-order valence-electron chi connectivity index (χ3n) is 6.69. The maximum absolute atomic E-state index is 14.4. The number of allylic oxidation sites excluding steroid dienone is 3. The van der Waals surface area contributed by atoms with E-state index in [1.165, 1.54) is 12.2 Å². The van der Waals surface area contributed by atoms with E-state index in [1.54, 1.807) is 0 Å². The lowest BCUT2D eigenvalue weighted by atomic mass is 9.87. The van der Waals surface area contributed by atoms with Crippen LogP contribution in [-0.4, -0.2) is 38.8 Å². The predicted molar refractivity (Wildman–Crippen MR) is 132 cm³/mol. The molecule has 1 aromatic heterocycles. The number of anilines is 1. The van der Waals surface area contributed by atoms with E-state index in [-0.39, 0.29) is 16.5 Å². The van der Waals surface area contributed by atoms with Gasteiger partial charge in [0.2, 0.25) is 0 Å². The van der Waals surface area contributed by atoms with Crippen molar-refractivity contribution in [3.05, 3.63) is 69.7 Å². The minimum atomic E-state index is -4.90. The summed E-state index contributed by atoms with van der Waals surface area (Å²) in [6.45, 7) is 1.10. The van der Waals surface area contributed by atoms with Crippen molar-refractivity contribution in [1.82, 2.24) is 3.97 Å². The van der Waals surface area contributed by atoms with Gasteiger partial charge < -0.3 is 4.74 Å². The maximum Gasteiger partial charge on any atom is 0.392 e. The van der Waals surface area contributed by atoms with Crippen molar-refractivity contribution < 1.29 is 47.6 Å². The Morgan fingerprint density at radius 2 is 1.92 bits per heavy atom. The molecule has 7 nitrogen and oxygen atoms in total. The average Bonchev–Trinajstić information content (AvgIpc) is 3.23. The molecule has 2 aromatic rings. The van der Waals surface area contributed by atoms with Crippen LogP contribution in [0.3, 0.4) is 0 Å². The number of fused-ring (bicyclic) bond motifs is 1. The number of sulfonamides is 1. The average molecular weight is 648 g/mol. The van der Waals surface area contributed by atoms with Crippen LogP contribution in [0.1, 0.15) is 35.1 Å². The van der Waals surface area contributed by atoms with Crippen LogP contribution in [0.4, 0.5) is 27.6 Å². The molecule has 0 bridgehead atoms. The summed E-state index contributed by atoms with van der Waals surface area (Å²) < 4.78 is 151. The number of nitrogens with zero attached hydrogens (tertiary/aromatic N) is 1. The first-order valence-electron chi connectivity index (χ1n) is 12.5. The van der Waals surface area contributed by atoms with Crippen LogP contribution in [0.5, 0.6) is 0 Å². The fraction of sp³-hybridized carbons (Fsp3) is 0.391. The molecule has 4 rings (SSSR count). The third-order valence-corrected chi connectivity index (χ3v) is 11.1. The van der Waals surface area contributed by atoms with E-state index >= 15 is 0 Å². The Hall–Kier alpha value is -2.39. The summed E-state index contributed by atoms with van der Waals surface area (Å²) in [4.78, 5) is -0.753. The first-order chi connectivity index (χ1) is 18.7. The van der Waals surface area contributed by atoms with Gasteiger partial charge in [0.1, 0.15) is 27.0 Å². The molecule has 0 amide bonds. The number of methoxy groups -OCH3 is 1. The Bertz CT molecular complexity index is 1670. The molecule has 2 aliphatic rings. The van der Waals surface area contributed by atoms with Gasteiger partial charge in [-0.25, -0.2) is 29.6 Å². The molecule has 0 aliphatic heterocycles. The number of nitrogens with one attached hydrogen (secondary N) is 1. The fourth-order valence-corrected chi connectivity index (χ4v) is 8.07. The Morgan fingerprint density at radius 1 is 1.21 bits per heavy atom. The van der Waals surface area contributed by atoms with Gasteiger partial charge in [-0.1, -0.05) is 12.2 Å². The number of ether oxygens (including phenoxy) is 1. The van der Waals surface area contributed by atoms with Crippen molar-refractivity contribution >= 4 is 41.7 Å². The Kier molecular flexibility index (Phi) is 6.26. The van der Waals surface area contributed by atoms with Crippen LogP contribution in [0.25, 0.3) is 0 Å². The van der Waals surface area contributed by atoms with E-state index in [0.717, 1.165) is 13.0 Å². The second-order valence-electron chi connectivity index (χ2n) is 9.05. The monoisotopic (exact) mass is 647 g/mol. The zero-order chi connectivity index (χ0) is 30.8. The van der Waals surface area contributed by atoms with Crippen molar-refractivity contribution in [2.75, 3.05) is 11.8 Å². The molecule has 1 N–H and O–H groups in total. The summed E-state index contributed by atoms with van der Waals surface area (Å²) in [6.07, 6.45) is -2.64.